The van der Waals surface area contributed by atoms with Crippen LogP contribution in [0.4, 0.5) is 0 Å². The summed E-state index contributed by atoms with van der Waals surface area (Å²) in [6, 6.07) is 0. The highest BCUT2D eigenvalue weighted by Gasteiger charge is 2.35. The smallest absolute Gasteiger partial charge is 0.0298 e. The summed E-state index contributed by atoms with van der Waals surface area (Å²) in [5, 5.41) is 0. The molecule has 0 nitrogen and oxygen atoms in total. The highest BCUT2D eigenvalue weighted by molar-refractivity contribution is 4.86. The second-order valence-corrected chi connectivity index (χ2v) is 6.51. The fourth-order valence-corrected chi connectivity index (χ4v) is 3.93. The second kappa shape index (κ2) is 4.89. The lowest BCUT2D eigenvalue weighted by atomic mass is 9.63. The average molecular weight is 208 g/mol. The van der Waals surface area contributed by atoms with Crippen LogP contribution in [0.25, 0.3) is 0 Å². The van der Waals surface area contributed by atoms with Crippen LogP contribution in [0.1, 0.15) is 78.1 Å². The minimum Gasteiger partial charge on any atom is -0.0620 e. The Hall–Kier alpha value is 0. The Morgan fingerprint density at radius 3 is 2.33 bits per heavy atom. The van der Waals surface area contributed by atoms with Gasteiger partial charge in [0.15, 0.2) is 0 Å². The third kappa shape index (κ3) is 2.77. The van der Waals surface area contributed by atoms with Gasteiger partial charge in [-0.2, -0.15) is 0 Å². The molecule has 2 aliphatic rings. The SMILES string of the molecule is CC1CCCCC2CCCCCC1(C)C2. The summed E-state index contributed by atoms with van der Waals surface area (Å²) in [5.41, 5.74) is 0.686. The Morgan fingerprint density at radius 2 is 1.53 bits per heavy atom. The zero-order chi connectivity index (χ0) is 10.7. The van der Waals surface area contributed by atoms with Crippen LogP contribution in [0.2, 0.25) is 0 Å². The summed E-state index contributed by atoms with van der Waals surface area (Å²) >= 11 is 0. The van der Waals surface area contributed by atoms with Crippen molar-refractivity contribution in [2.75, 3.05) is 0 Å². The van der Waals surface area contributed by atoms with Gasteiger partial charge >= 0.3 is 0 Å². The Bertz CT molecular complexity index is 194. The molecule has 0 aliphatic heterocycles. The molecule has 15 heavy (non-hydrogen) atoms. The van der Waals surface area contributed by atoms with Crippen molar-refractivity contribution < 1.29 is 0 Å². The zero-order valence-electron chi connectivity index (χ0n) is 10.7. The quantitative estimate of drug-likeness (QED) is 0.515. The first-order valence-electron chi connectivity index (χ1n) is 7.21. The van der Waals surface area contributed by atoms with Gasteiger partial charge in [0.25, 0.3) is 0 Å². The van der Waals surface area contributed by atoms with Gasteiger partial charge in [-0.15, -0.1) is 0 Å². The molecule has 2 fully saturated rings. The highest BCUT2D eigenvalue weighted by atomic mass is 14.4. The van der Waals surface area contributed by atoms with Crippen molar-refractivity contribution >= 4 is 0 Å². The van der Waals surface area contributed by atoms with Crippen molar-refractivity contribution in [1.29, 1.82) is 0 Å². The van der Waals surface area contributed by atoms with E-state index in [1.165, 1.54) is 64.2 Å². The van der Waals surface area contributed by atoms with Gasteiger partial charge in [0, 0.05) is 0 Å². The molecule has 0 saturated heterocycles. The molecule has 0 aromatic heterocycles. The molecule has 3 atom stereocenters. The summed E-state index contributed by atoms with van der Waals surface area (Å²) in [5.74, 6) is 2.04. The number of hydrogen-bond acceptors (Lipinski definition) is 0. The van der Waals surface area contributed by atoms with E-state index in [4.69, 9.17) is 0 Å². The number of hydrogen-bond donors (Lipinski definition) is 0. The van der Waals surface area contributed by atoms with Crippen LogP contribution >= 0.6 is 0 Å². The van der Waals surface area contributed by atoms with Crippen molar-refractivity contribution in [3.05, 3.63) is 0 Å². The lowest BCUT2D eigenvalue weighted by molar-refractivity contribution is 0.0904. The molecule has 2 bridgehead atoms. The molecule has 0 heteroatoms. The highest BCUT2D eigenvalue weighted by Crippen LogP contribution is 2.46. The Morgan fingerprint density at radius 1 is 0.867 bits per heavy atom. The van der Waals surface area contributed by atoms with Crippen LogP contribution < -0.4 is 0 Å². The fourth-order valence-electron chi connectivity index (χ4n) is 3.93. The van der Waals surface area contributed by atoms with E-state index < -0.39 is 0 Å². The van der Waals surface area contributed by atoms with Gasteiger partial charge in [0.05, 0.1) is 0 Å². The summed E-state index contributed by atoms with van der Waals surface area (Å²) in [4.78, 5) is 0. The third-order valence-electron chi connectivity index (χ3n) is 5.30. The van der Waals surface area contributed by atoms with Crippen molar-refractivity contribution in [3.63, 3.8) is 0 Å². The molecule has 0 amide bonds. The van der Waals surface area contributed by atoms with Gasteiger partial charge in [0.2, 0.25) is 0 Å². The van der Waals surface area contributed by atoms with E-state index in [9.17, 15) is 0 Å². The first-order chi connectivity index (χ1) is 7.21. The molecule has 0 N–H and O–H groups in total. The van der Waals surface area contributed by atoms with E-state index in [1.807, 2.05) is 0 Å². The van der Waals surface area contributed by atoms with Gasteiger partial charge < -0.3 is 0 Å². The van der Waals surface area contributed by atoms with Crippen LogP contribution in [0, 0.1) is 17.3 Å². The predicted molar refractivity (Wildman–Crippen MR) is 66.9 cm³/mol. The van der Waals surface area contributed by atoms with Crippen molar-refractivity contribution in [3.8, 4) is 0 Å². The molecular formula is C15H28. The van der Waals surface area contributed by atoms with Crippen molar-refractivity contribution in [2.24, 2.45) is 17.3 Å². The van der Waals surface area contributed by atoms with E-state index in [0.29, 0.717) is 5.41 Å². The molecule has 2 rings (SSSR count). The standard InChI is InChI=1S/C15H28/c1-13-8-5-6-10-14-9-4-3-7-11-15(13,2)12-14/h13-14H,3-12H2,1-2H3. The molecule has 0 aromatic carbocycles. The van der Waals surface area contributed by atoms with Crippen LogP contribution in [-0.2, 0) is 0 Å². The lowest BCUT2D eigenvalue weighted by Crippen LogP contribution is -2.31. The van der Waals surface area contributed by atoms with Crippen molar-refractivity contribution in [1.82, 2.24) is 0 Å². The minimum atomic E-state index is 0.686. The van der Waals surface area contributed by atoms with Gasteiger partial charge in [0.1, 0.15) is 0 Å². The third-order valence-corrected chi connectivity index (χ3v) is 5.30. The molecule has 3 unspecified atom stereocenters. The molecule has 0 heterocycles. The maximum absolute atomic E-state index is 2.58. The van der Waals surface area contributed by atoms with E-state index in [0.717, 1.165) is 11.8 Å². The predicted octanol–water partition coefficient (Wildman–Crippen LogP) is 5.17. The molecular weight excluding hydrogens is 180 g/mol. The normalized spacial score (nSPS) is 43.6. The first kappa shape index (κ1) is 11.5. The topological polar surface area (TPSA) is 0 Å². The van der Waals surface area contributed by atoms with Crippen LogP contribution in [0.15, 0.2) is 0 Å². The zero-order valence-corrected chi connectivity index (χ0v) is 10.7. The molecule has 0 spiro atoms. The van der Waals surface area contributed by atoms with E-state index in [1.54, 1.807) is 0 Å². The summed E-state index contributed by atoms with van der Waals surface area (Å²) < 4.78 is 0. The van der Waals surface area contributed by atoms with Gasteiger partial charge in [-0.05, 0) is 30.1 Å². The molecule has 88 valence electrons. The van der Waals surface area contributed by atoms with Crippen molar-refractivity contribution in [2.45, 2.75) is 78.1 Å². The molecule has 2 aliphatic carbocycles. The minimum absolute atomic E-state index is 0.686. The Labute approximate surface area is 95.8 Å². The van der Waals surface area contributed by atoms with Crippen LogP contribution in [-0.4, -0.2) is 0 Å². The van der Waals surface area contributed by atoms with Gasteiger partial charge in [-0.1, -0.05) is 65.2 Å². The maximum atomic E-state index is 2.58. The lowest BCUT2D eigenvalue weighted by Gasteiger charge is -2.42. The monoisotopic (exact) mass is 208 g/mol. The Balaban J connectivity index is 2.09. The summed E-state index contributed by atoms with van der Waals surface area (Å²) in [7, 11) is 0. The van der Waals surface area contributed by atoms with Crippen LogP contribution in [0.5, 0.6) is 0 Å². The molecule has 0 radical (unpaired) electrons. The number of fused-ring (bicyclic) bond motifs is 2. The van der Waals surface area contributed by atoms with E-state index >= 15 is 0 Å². The largest absolute Gasteiger partial charge is 0.0620 e. The first-order valence-corrected chi connectivity index (χ1v) is 7.21. The average Bonchev–Trinajstić information content (AvgIpc) is 2.17. The second-order valence-electron chi connectivity index (χ2n) is 6.51. The van der Waals surface area contributed by atoms with E-state index in [2.05, 4.69) is 13.8 Å². The molecule has 2 saturated carbocycles. The van der Waals surface area contributed by atoms with Gasteiger partial charge in [-0.25, -0.2) is 0 Å². The van der Waals surface area contributed by atoms with Crippen LogP contribution in [0.3, 0.4) is 0 Å². The number of rotatable bonds is 0. The maximum Gasteiger partial charge on any atom is -0.0298 e. The van der Waals surface area contributed by atoms with E-state index in [-0.39, 0.29) is 0 Å². The fraction of sp³-hybridized carbons (Fsp3) is 1.00. The summed E-state index contributed by atoms with van der Waals surface area (Å²) in [6.07, 6.45) is 15.1. The summed E-state index contributed by atoms with van der Waals surface area (Å²) in [6.45, 7) is 5.10. The molecule has 0 aromatic rings. The Kier molecular flexibility index (Phi) is 3.74. The van der Waals surface area contributed by atoms with Gasteiger partial charge in [-0.3, -0.25) is 0 Å².